The Kier molecular flexibility index (Phi) is 5.33. The highest BCUT2D eigenvalue weighted by molar-refractivity contribution is 7.88. The van der Waals surface area contributed by atoms with E-state index in [2.05, 4.69) is 39.0 Å². The summed E-state index contributed by atoms with van der Waals surface area (Å²) in [6, 6.07) is 10.5. The van der Waals surface area contributed by atoms with Gasteiger partial charge in [0.2, 0.25) is 10.0 Å². The molecule has 1 aromatic heterocycles. The molecule has 1 aliphatic heterocycles. The van der Waals surface area contributed by atoms with E-state index in [9.17, 15) is 8.42 Å². The Bertz CT molecular complexity index is 741. The fraction of sp³-hybridized carbons (Fsp3) is 0.471. The van der Waals surface area contributed by atoms with Gasteiger partial charge < -0.3 is 0 Å². The van der Waals surface area contributed by atoms with Crippen molar-refractivity contribution in [1.29, 1.82) is 0 Å². The molecule has 0 amide bonds. The highest BCUT2D eigenvalue weighted by Gasteiger charge is 2.23. The van der Waals surface area contributed by atoms with Crippen molar-refractivity contribution < 1.29 is 8.42 Å². The summed E-state index contributed by atoms with van der Waals surface area (Å²) in [4.78, 5) is 2.38. The van der Waals surface area contributed by atoms with Gasteiger partial charge in [-0.05, 0) is 43.1 Å². The van der Waals surface area contributed by atoms with Crippen LogP contribution in [0.2, 0.25) is 0 Å². The first-order valence-electron chi connectivity index (χ1n) is 8.29. The molecule has 0 radical (unpaired) electrons. The topological polar surface area (TPSA) is 67.2 Å². The van der Waals surface area contributed by atoms with Crippen LogP contribution in [0.25, 0.3) is 5.69 Å². The third kappa shape index (κ3) is 4.66. The number of rotatable bonds is 6. The second-order valence-corrected chi connectivity index (χ2v) is 8.19. The van der Waals surface area contributed by atoms with Gasteiger partial charge in [-0.3, -0.25) is 4.90 Å². The molecule has 2 heterocycles. The number of aromatic nitrogens is 2. The second kappa shape index (κ2) is 7.46. The maximum absolute atomic E-state index is 11.4. The molecule has 1 unspecified atom stereocenters. The Morgan fingerprint density at radius 3 is 2.71 bits per heavy atom. The van der Waals surface area contributed by atoms with E-state index < -0.39 is 10.0 Å². The quantitative estimate of drug-likeness (QED) is 0.864. The standard InChI is InChI=1S/C17H24N4O2S/c1-24(22,23)19-13-17-5-2-3-11-20(17)14-15-6-8-16(9-7-15)21-12-4-10-18-21/h4,6-10,12,17,19H,2-3,5,11,13-14H2,1H3. The van der Waals surface area contributed by atoms with Crippen LogP contribution in [0.5, 0.6) is 0 Å². The third-order valence-electron chi connectivity index (χ3n) is 4.42. The second-order valence-electron chi connectivity index (χ2n) is 6.36. The monoisotopic (exact) mass is 348 g/mol. The maximum atomic E-state index is 11.4. The molecule has 1 saturated heterocycles. The highest BCUT2D eigenvalue weighted by atomic mass is 32.2. The minimum absolute atomic E-state index is 0.263. The van der Waals surface area contributed by atoms with Crippen LogP contribution < -0.4 is 4.72 Å². The molecule has 6 nitrogen and oxygen atoms in total. The molecule has 1 aromatic carbocycles. The van der Waals surface area contributed by atoms with Crippen LogP contribution in [0.1, 0.15) is 24.8 Å². The average Bonchev–Trinajstić information content (AvgIpc) is 3.08. The summed E-state index contributed by atoms with van der Waals surface area (Å²) < 4.78 is 27.2. The number of likely N-dealkylation sites (tertiary alicyclic amines) is 1. The number of hydrogen-bond acceptors (Lipinski definition) is 4. The first-order chi connectivity index (χ1) is 11.5. The van der Waals surface area contributed by atoms with E-state index in [4.69, 9.17) is 0 Å². The first-order valence-corrected chi connectivity index (χ1v) is 10.2. The third-order valence-corrected chi connectivity index (χ3v) is 5.11. The van der Waals surface area contributed by atoms with Gasteiger partial charge in [-0.15, -0.1) is 0 Å². The van der Waals surface area contributed by atoms with Crippen LogP contribution in [0, 0.1) is 0 Å². The fourth-order valence-electron chi connectivity index (χ4n) is 3.16. The molecule has 130 valence electrons. The van der Waals surface area contributed by atoms with Crippen molar-refractivity contribution in [3.63, 3.8) is 0 Å². The van der Waals surface area contributed by atoms with E-state index in [0.717, 1.165) is 31.6 Å². The number of nitrogens with one attached hydrogen (secondary N) is 1. The lowest BCUT2D eigenvalue weighted by atomic mass is 10.0. The van der Waals surface area contributed by atoms with Gasteiger partial charge in [0.1, 0.15) is 0 Å². The van der Waals surface area contributed by atoms with Gasteiger partial charge in [-0.2, -0.15) is 5.10 Å². The zero-order valence-electron chi connectivity index (χ0n) is 13.9. The van der Waals surface area contributed by atoms with E-state index in [0.29, 0.717) is 6.54 Å². The summed E-state index contributed by atoms with van der Waals surface area (Å²) >= 11 is 0. The lowest BCUT2D eigenvalue weighted by molar-refractivity contribution is 0.142. The number of benzene rings is 1. The van der Waals surface area contributed by atoms with Crippen molar-refractivity contribution in [3.05, 3.63) is 48.3 Å². The van der Waals surface area contributed by atoms with Crippen LogP contribution in [0.15, 0.2) is 42.7 Å². The molecule has 3 rings (SSSR count). The van der Waals surface area contributed by atoms with E-state index in [-0.39, 0.29) is 6.04 Å². The molecule has 1 N–H and O–H groups in total. The molecule has 0 bridgehead atoms. The fourth-order valence-corrected chi connectivity index (χ4v) is 3.65. The van der Waals surface area contributed by atoms with Crippen molar-refractivity contribution >= 4 is 10.0 Å². The lowest BCUT2D eigenvalue weighted by Gasteiger charge is -2.35. The molecule has 1 fully saturated rings. The number of hydrogen-bond donors (Lipinski definition) is 1. The molecule has 0 aliphatic carbocycles. The molecule has 1 atom stereocenters. The Morgan fingerprint density at radius 2 is 2.04 bits per heavy atom. The predicted octanol–water partition coefficient (Wildman–Crippen LogP) is 1.78. The van der Waals surface area contributed by atoms with Gasteiger partial charge in [-0.25, -0.2) is 17.8 Å². The van der Waals surface area contributed by atoms with Gasteiger partial charge in [0, 0.05) is 31.5 Å². The van der Waals surface area contributed by atoms with Crippen LogP contribution in [0.4, 0.5) is 0 Å². The Labute approximate surface area is 143 Å². The van der Waals surface area contributed by atoms with Gasteiger partial charge in [0.05, 0.1) is 11.9 Å². The molecule has 24 heavy (non-hydrogen) atoms. The predicted molar refractivity (Wildman–Crippen MR) is 94.5 cm³/mol. The molecule has 1 aliphatic rings. The van der Waals surface area contributed by atoms with Crippen LogP contribution in [-0.2, 0) is 16.6 Å². The highest BCUT2D eigenvalue weighted by Crippen LogP contribution is 2.20. The summed E-state index contributed by atoms with van der Waals surface area (Å²) in [5.74, 6) is 0. The number of piperidine rings is 1. The lowest BCUT2D eigenvalue weighted by Crippen LogP contribution is -2.46. The minimum atomic E-state index is -3.14. The molecular weight excluding hydrogens is 324 g/mol. The smallest absolute Gasteiger partial charge is 0.208 e. The van der Waals surface area contributed by atoms with Crippen LogP contribution in [-0.4, -0.2) is 48.5 Å². The Morgan fingerprint density at radius 1 is 1.25 bits per heavy atom. The SMILES string of the molecule is CS(=O)(=O)NCC1CCCCN1Cc1ccc(-n2cccn2)cc1. The summed E-state index contributed by atoms with van der Waals surface area (Å²) in [6.07, 6.45) is 8.27. The van der Waals surface area contributed by atoms with E-state index in [1.165, 1.54) is 18.2 Å². The molecule has 0 spiro atoms. The van der Waals surface area contributed by atoms with Crippen molar-refractivity contribution in [3.8, 4) is 5.69 Å². The maximum Gasteiger partial charge on any atom is 0.208 e. The zero-order valence-corrected chi connectivity index (χ0v) is 14.7. The van der Waals surface area contributed by atoms with Gasteiger partial charge >= 0.3 is 0 Å². The average molecular weight is 348 g/mol. The van der Waals surface area contributed by atoms with Crippen molar-refractivity contribution in [1.82, 2.24) is 19.4 Å². The molecule has 0 saturated carbocycles. The van der Waals surface area contributed by atoms with Crippen LogP contribution in [0.3, 0.4) is 0 Å². The number of nitrogens with zero attached hydrogens (tertiary/aromatic N) is 3. The number of sulfonamides is 1. The van der Waals surface area contributed by atoms with Crippen LogP contribution >= 0.6 is 0 Å². The summed E-state index contributed by atoms with van der Waals surface area (Å²) in [5.41, 5.74) is 2.27. The normalized spacial score (nSPS) is 19.5. The Hall–Kier alpha value is -1.70. The summed E-state index contributed by atoms with van der Waals surface area (Å²) in [6.45, 7) is 2.34. The molecule has 7 heteroatoms. The van der Waals surface area contributed by atoms with E-state index in [1.807, 2.05) is 16.9 Å². The zero-order chi connectivity index (χ0) is 17.0. The van der Waals surface area contributed by atoms with Crippen molar-refractivity contribution in [2.75, 3.05) is 19.3 Å². The Balaban J connectivity index is 1.64. The molecular formula is C17H24N4O2S. The van der Waals surface area contributed by atoms with Crippen molar-refractivity contribution in [2.24, 2.45) is 0 Å². The minimum Gasteiger partial charge on any atom is -0.295 e. The summed E-state index contributed by atoms with van der Waals surface area (Å²) in [5, 5.41) is 4.23. The first kappa shape index (κ1) is 17.1. The van der Waals surface area contributed by atoms with Crippen molar-refractivity contribution in [2.45, 2.75) is 31.8 Å². The van der Waals surface area contributed by atoms with Gasteiger partial charge in [-0.1, -0.05) is 18.6 Å². The van der Waals surface area contributed by atoms with E-state index in [1.54, 1.807) is 6.20 Å². The van der Waals surface area contributed by atoms with E-state index >= 15 is 0 Å². The van der Waals surface area contributed by atoms with Gasteiger partial charge in [0.15, 0.2) is 0 Å². The largest absolute Gasteiger partial charge is 0.295 e. The summed E-state index contributed by atoms with van der Waals surface area (Å²) in [7, 11) is -3.14. The van der Waals surface area contributed by atoms with Gasteiger partial charge in [0.25, 0.3) is 0 Å². The molecule has 2 aromatic rings.